The van der Waals surface area contributed by atoms with Crippen molar-refractivity contribution in [3.05, 3.63) is 65.5 Å². The molecule has 2 heterocycles. The lowest BCUT2D eigenvalue weighted by atomic mass is 10.2. The first-order valence-electron chi connectivity index (χ1n) is 6.86. The molecule has 0 bridgehead atoms. The van der Waals surface area contributed by atoms with Gasteiger partial charge in [-0.3, -0.25) is 0 Å². The minimum absolute atomic E-state index is 0.224. The molecule has 0 unspecified atom stereocenters. The first-order valence-corrected chi connectivity index (χ1v) is 9.18. The van der Waals surface area contributed by atoms with E-state index in [1.54, 1.807) is 24.3 Å². The van der Waals surface area contributed by atoms with E-state index in [0.717, 1.165) is 11.3 Å². The third-order valence-electron chi connectivity index (χ3n) is 3.43. The molecule has 1 N–H and O–H groups in total. The number of aromatic nitrogens is 1. The molecule has 1 aliphatic rings. The highest BCUT2D eigenvalue weighted by molar-refractivity contribution is 7.90. The molecule has 7 heteroatoms. The van der Waals surface area contributed by atoms with Crippen LogP contribution in [0.15, 0.2) is 69.3 Å². The number of thiazole rings is 1. The lowest BCUT2D eigenvalue weighted by molar-refractivity contribution is 0.599. The van der Waals surface area contributed by atoms with E-state index in [1.807, 2.05) is 35.7 Å². The van der Waals surface area contributed by atoms with Crippen molar-refractivity contribution in [2.75, 3.05) is 5.32 Å². The van der Waals surface area contributed by atoms with E-state index in [9.17, 15) is 8.42 Å². The average Bonchev–Trinajstić information content (AvgIpc) is 3.12. The Morgan fingerprint density at radius 1 is 0.957 bits per heavy atom. The average molecular weight is 341 g/mol. The number of fused-ring (bicyclic) bond motifs is 1. The predicted octanol–water partition coefficient (Wildman–Crippen LogP) is 3.37. The highest BCUT2D eigenvalue weighted by Crippen LogP contribution is 2.29. The predicted molar refractivity (Wildman–Crippen MR) is 91.3 cm³/mol. The Hall–Kier alpha value is -2.51. The second-order valence-electron chi connectivity index (χ2n) is 4.94. The second kappa shape index (κ2) is 5.29. The fraction of sp³-hybridized carbons (Fsp3) is 0. The van der Waals surface area contributed by atoms with Crippen molar-refractivity contribution >= 4 is 32.3 Å². The molecule has 23 heavy (non-hydrogen) atoms. The van der Waals surface area contributed by atoms with Gasteiger partial charge >= 0.3 is 0 Å². The maximum atomic E-state index is 12.0. The van der Waals surface area contributed by atoms with Crippen LogP contribution in [0.2, 0.25) is 0 Å². The van der Waals surface area contributed by atoms with Crippen molar-refractivity contribution in [2.24, 2.45) is 4.40 Å². The van der Waals surface area contributed by atoms with Crippen molar-refractivity contribution in [2.45, 2.75) is 4.90 Å². The first-order chi connectivity index (χ1) is 11.1. The molecule has 3 aromatic rings. The number of sulfonamides is 1. The van der Waals surface area contributed by atoms with Gasteiger partial charge in [0.25, 0.3) is 10.0 Å². The molecule has 4 rings (SSSR count). The van der Waals surface area contributed by atoms with Gasteiger partial charge in [0, 0.05) is 16.5 Å². The van der Waals surface area contributed by atoms with E-state index >= 15 is 0 Å². The van der Waals surface area contributed by atoms with E-state index < -0.39 is 10.0 Å². The largest absolute Gasteiger partial charge is 0.315 e. The van der Waals surface area contributed by atoms with Crippen LogP contribution < -0.4 is 5.32 Å². The van der Waals surface area contributed by atoms with Gasteiger partial charge in [-0.1, -0.05) is 42.5 Å². The lowest BCUT2D eigenvalue weighted by Crippen LogP contribution is -2.10. The molecule has 114 valence electrons. The van der Waals surface area contributed by atoms with E-state index in [0.29, 0.717) is 16.5 Å². The van der Waals surface area contributed by atoms with Gasteiger partial charge in [0.05, 0.1) is 5.69 Å². The Kier molecular flexibility index (Phi) is 3.24. The summed E-state index contributed by atoms with van der Waals surface area (Å²) in [6.07, 6.45) is 0. The summed E-state index contributed by atoms with van der Waals surface area (Å²) in [7, 11) is -3.62. The van der Waals surface area contributed by atoms with E-state index in [1.165, 1.54) is 11.3 Å². The van der Waals surface area contributed by atoms with Crippen LogP contribution >= 0.6 is 11.3 Å². The maximum Gasteiger partial charge on any atom is 0.285 e. The molecule has 5 nitrogen and oxygen atoms in total. The molecule has 0 aliphatic carbocycles. The van der Waals surface area contributed by atoms with E-state index in [2.05, 4.69) is 14.7 Å². The van der Waals surface area contributed by atoms with Crippen molar-refractivity contribution in [1.29, 1.82) is 0 Å². The maximum absolute atomic E-state index is 12.0. The van der Waals surface area contributed by atoms with Crippen LogP contribution in [0.3, 0.4) is 0 Å². The van der Waals surface area contributed by atoms with Gasteiger partial charge in [-0.15, -0.1) is 15.7 Å². The number of rotatable bonds is 2. The SMILES string of the molecule is O=S1(=O)N=C(Nc2nc(-c3ccccc3)cs2)c2ccccc21. The number of hydrogen-bond acceptors (Lipinski definition) is 5. The van der Waals surface area contributed by atoms with Gasteiger partial charge in [-0.2, -0.15) is 8.42 Å². The molecule has 2 aromatic carbocycles. The van der Waals surface area contributed by atoms with Crippen molar-refractivity contribution in [3.63, 3.8) is 0 Å². The topological polar surface area (TPSA) is 71.4 Å². The molecular formula is C16H11N3O2S2. The van der Waals surface area contributed by atoms with E-state index in [-0.39, 0.29) is 4.90 Å². The van der Waals surface area contributed by atoms with Gasteiger partial charge in [0.2, 0.25) is 0 Å². The molecule has 0 saturated carbocycles. The molecular weight excluding hydrogens is 330 g/mol. The van der Waals surface area contributed by atoms with Crippen LogP contribution in [0.1, 0.15) is 5.56 Å². The highest BCUT2D eigenvalue weighted by atomic mass is 32.2. The fourth-order valence-corrected chi connectivity index (χ4v) is 4.26. The van der Waals surface area contributed by atoms with Gasteiger partial charge in [-0.25, -0.2) is 4.98 Å². The number of amidine groups is 1. The number of benzene rings is 2. The number of hydrogen-bond donors (Lipinski definition) is 1. The zero-order valence-electron chi connectivity index (χ0n) is 11.8. The molecule has 1 aromatic heterocycles. The zero-order valence-corrected chi connectivity index (χ0v) is 13.4. The highest BCUT2D eigenvalue weighted by Gasteiger charge is 2.28. The standard InChI is InChI=1S/C16H11N3O2S2/c20-23(21)14-9-5-4-8-12(14)15(19-23)18-16-17-13(10-22-16)11-6-2-1-3-7-11/h1-10H,(H,17,18,19). The van der Waals surface area contributed by atoms with Crippen LogP contribution in [0, 0.1) is 0 Å². The smallest absolute Gasteiger partial charge is 0.285 e. The van der Waals surface area contributed by atoms with Crippen molar-refractivity contribution < 1.29 is 8.42 Å². The molecule has 0 amide bonds. The van der Waals surface area contributed by atoms with Crippen LogP contribution in [-0.4, -0.2) is 19.2 Å². The lowest BCUT2D eigenvalue weighted by Gasteiger charge is -2.02. The molecule has 0 saturated heterocycles. The van der Waals surface area contributed by atoms with Crippen LogP contribution in [0.4, 0.5) is 5.13 Å². The molecule has 1 aliphatic heterocycles. The Labute approximate surface area is 137 Å². The Morgan fingerprint density at radius 3 is 2.52 bits per heavy atom. The number of anilines is 1. The van der Waals surface area contributed by atoms with Crippen LogP contribution in [-0.2, 0) is 10.0 Å². The second-order valence-corrected chi connectivity index (χ2v) is 7.37. The molecule has 0 atom stereocenters. The van der Waals surface area contributed by atoms with Crippen molar-refractivity contribution in [1.82, 2.24) is 4.98 Å². The summed E-state index contributed by atoms with van der Waals surface area (Å²) in [6, 6.07) is 16.6. The Morgan fingerprint density at radius 2 is 1.70 bits per heavy atom. The summed E-state index contributed by atoms with van der Waals surface area (Å²) < 4.78 is 27.9. The summed E-state index contributed by atoms with van der Waals surface area (Å²) in [6.45, 7) is 0. The van der Waals surface area contributed by atoms with Crippen LogP contribution in [0.25, 0.3) is 11.3 Å². The summed E-state index contributed by atoms with van der Waals surface area (Å²) >= 11 is 1.41. The summed E-state index contributed by atoms with van der Waals surface area (Å²) in [5.41, 5.74) is 2.43. The molecule has 0 radical (unpaired) electrons. The summed E-state index contributed by atoms with van der Waals surface area (Å²) in [4.78, 5) is 4.72. The van der Waals surface area contributed by atoms with Gasteiger partial charge in [0.1, 0.15) is 4.90 Å². The minimum atomic E-state index is -3.62. The van der Waals surface area contributed by atoms with Gasteiger partial charge < -0.3 is 5.32 Å². The number of nitrogens with zero attached hydrogens (tertiary/aromatic N) is 2. The Bertz CT molecular complexity index is 1010. The third-order valence-corrected chi connectivity index (χ3v) is 5.52. The van der Waals surface area contributed by atoms with E-state index in [4.69, 9.17) is 0 Å². The number of nitrogens with one attached hydrogen (secondary N) is 1. The first kappa shape index (κ1) is 14.1. The van der Waals surface area contributed by atoms with Crippen molar-refractivity contribution in [3.8, 4) is 11.3 Å². The summed E-state index contributed by atoms with van der Waals surface area (Å²) in [5, 5.41) is 5.55. The molecule has 0 spiro atoms. The molecule has 0 fully saturated rings. The minimum Gasteiger partial charge on any atom is -0.315 e. The van der Waals surface area contributed by atoms with Gasteiger partial charge in [-0.05, 0) is 12.1 Å². The monoisotopic (exact) mass is 341 g/mol. The summed E-state index contributed by atoms with van der Waals surface area (Å²) in [5.74, 6) is 0.314. The fourth-order valence-electron chi connectivity index (χ4n) is 2.37. The normalized spacial score (nSPS) is 15.0. The third kappa shape index (κ3) is 2.54. The van der Waals surface area contributed by atoms with Crippen LogP contribution in [0.5, 0.6) is 0 Å². The Balaban J connectivity index is 1.67. The zero-order chi connectivity index (χ0) is 15.9. The quantitative estimate of drug-likeness (QED) is 0.776. The van der Waals surface area contributed by atoms with Gasteiger partial charge in [0.15, 0.2) is 11.0 Å².